The Balaban J connectivity index is 0.000000272. The van der Waals surface area contributed by atoms with E-state index in [2.05, 4.69) is 19.9 Å². The molecule has 0 unspecified atom stereocenters. The van der Waals surface area contributed by atoms with Crippen molar-refractivity contribution in [1.82, 2.24) is 19.9 Å². The van der Waals surface area contributed by atoms with Crippen LogP contribution >= 0.6 is 11.6 Å². The van der Waals surface area contributed by atoms with Crippen LogP contribution in [0, 0.1) is 13.8 Å². The maximum absolute atomic E-state index is 11.0. The van der Waals surface area contributed by atoms with Crippen molar-refractivity contribution in [3.8, 4) is 0 Å². The van der Waals surface area contributed by atoms with Gasteiger partial charge in [0, 0.05) is 12.3 Å². The molecule has 0 spiro atoms. The zero-order chi connectivity index (χ0) is 18.1. The van der Waals surface area contributed by atoms with E-state index >= 15 is 0 Å². The minimum absolute atomic E-state index is 0.264. The van der Waals surface area contributed by atoms with Crippen LogP contribution < -0.4 is 11.5 Å². The van der Waals surface area contributed by atoms with Crippen molar-refractivity contribution in [3.63, 3.8) is 0 Å². The van der Waals surface area contributed by atoms with Crippen LogP contribution in [0.25, 0.3) is 6.08 Å². The first-order valence-corrected chi connectivity index (χ1v) is 7.39. The maximum Gasteiger partial charge on any atom is 0.330 e. The molecular formula is C15H19ClN6O2. The summed E-state index contributed by atoms with van der Waals surface area (Å²) in [6, 6.07) is 0. The van der Waals surface area contributed by atoms with E-state index in [1.54, 1.807) is 33.2 Å². The van der Waals surface area contributed by atoms with Gasteiger partial charge in [-0.25, -0.2) is 19.7 Å². The number of rotatable bonds is 3. The number of nitrogen functional groups attached to an aromatic ring is 2. The van der Waals surface area contributed by atoms with Crippen LogP contribution in [0.5, 0.6) is 0 Å². The molecule has 2 rings (SSSR count). The van der Waals surface area contributed by atoms with E-state index in [0.717, 1.165) is 11.4 Å². The molecule has 0 aromatic carbocycles. The fourth-order valence-electron chi connectivity index (χ4n) is 1.45. The number of nitrogens with two attached hydrogens (primary N) is 2. The van der Waals surface area contributed by atoms with Crippen LogP contribution in [0.2, 0.25) is 5.15 Å². The molecule has 0 radical (unpaired) electrons. The number of halogens is 1. The van der Waals surface area contributed by atoms with E-state index in [0.29, 0.717) is 18.1 Å². The van der Waals surface area contributed by atoms with Gasteiger partial charge in [-0.2, -0.15) is 0 Å². The van der Waals surface area contributed by atoms with Crippen molar-refractivity contribution in [2.45, 2.75) is 20.8 Å². The van der Waals surface area contributed by atoms with Crippen LogP contribution in [-0.4, -0.2) is 32.5 Å². The van der Waals surface area contributed by atoms with Crippen molar-refractivity contribution < 1.29 is 9.53 Å². The lowest BCUT2D eigenvalue weighted by Gasteiger charge is -1.99. The first-order valence-electron chi connectivity index (χ1n) is 7.02. The van der Waals surface area contributed by atoms with Crippen LogP contribution in [-0.2, 0) is 9.53 Å². The van der Waals surface area contributed by atoms with E-state index in [9.17, 15) is 4.79 Å². The van der Waals surface area contributed by atoms with E-state index in [-0.39, 0.29) is 11.0 Å². The van der Waals surface area contributed by atoms with E-state index in [4.69, 9.17) is 27.8 Å². The third-order valence-electron chi connectivity index (χ3n) is 2.49. The molecular weight excluding hydrogens is 332 g/mol. The second-order valence-corrected chi connectivity index (χ2v) is 4.91. The second-order valence-electron chi connectivity index (χ2n) is 4.55. The molecule has 0 saturated heterocycles. The maximum atomic E-state index is 11.0. The molecule has 128 valence electrons. The highest BCUT2D eigenvalue weighted by Gasteiger charge is 2.00. The van der Waals surface area contributed by atoms with Gasteiger partial charge in [0.1, 0.15) is 11.5 Å². The summed E-state index contributed by atoms with van der Waals surface area (Å²) in [4.78, 5) is 26.6. The molecule has 2 aromatic heterocycles. The fourth-order valence-corrected chi connectivity index (χ4v) is 1.54. The number of aryl methyl sites for hydroxylation is 2. The fraction of sp³-hybridized carbons (Fsp3) is 0.267. The van der Waals surface area contributed by atoms with Gasteiger partial charge < -0.3 is 16.2 Å². The summed E-state index contributed by atoms with van der Waals surface area (Å²) in [5.41, 5.74) is 12.9. The van der Waals surface area contributed by atoms with Crippen molar-refractivity contribution in [2.24, 2.45) is 0 Å². The lowest BCUT2D eigenvalue weighted by molar-refractivity contribution is -0.137. The van der Waals surface area contributed by atoms with Crippen molar-refractivity contribution in [1.29, 1.82) is 0 Å². The van der Waals surface area contributed by atoms with Gasteiger partial charge in [-0.3, -0.25) is 4.98 Å². The van der Waals surface area contributed by atoms with Gasteiger partial charge in [0.2, 0.25) is 0 Å². The number of nitrogens with zero attached hydrogens (tertiary/aromatic N) is 4. The molecule has 24 heavy (non-hydrogen) atoms. The lowest BCUT2D eigenvalue weighted by Crippen LogP contribution is -2.01. The topological polar surface area (TPSA) is 130 Å². The summed E-state index contributed by atoms with van der Waals surface area (Å²) in [5, 5.41) is 0.264. The van der Waals surface area contributed by atoms with Crippen LogP contribution in [0.15, 0.2) is 18.5 Å². The summed E-state index contributed by atoms with van der Waals surface area (Å²) in [5.74, 6) is 0.173. The normalized spacial score (nSPS) is 10.2. The largest absolute Gasteiger partial charge is 0.463 e. The monoisotopic (exact) mass is 350 g/mol. The Labute approximate surface area is 144 Å². The third-order valence-corrected chi connectivity index (χ3v) is 2.78. The smallest absolute Gasteiger partial charge is 0.330 e. The SMILES string of the molecule is CCOC(=O)/C=C/c1ncc(C)nc1N.Cc1cnc(Cl)c(N)n1. The molecule has 0 fully saturated rings. The third kappa shape index (κ3) is 6.57. The molecule has 2 heterocycles. The zero-order valence-electron chi connectivity index (χ0n) is 13.7. The van der Waals surface area contributed by atoms with Crippen molar-refractivity contribution >= 4 is 35.3 Å². The average molecular weight is 351 g/mol. The van der Waals surface area contributed by atoms with Gasteiger partial charge in [-0.1, -0.05) is 11.6 Å². The molecule has 0 bridgehead atoms. The summed E-state index contributed by atoms with van der Waals surface area (Å²) in [6.45, 7) is 5.69. The minimum Gasteiger partial charge on any atom is -0.463 e. The second kappa shape index (κ2) is 9.41. The molecule has 0 aliphatic rings. The molecule has 0 atom stereocenters. The number of hydrogen-bond donors (Lipinski definition) is 2. The zero-order valence-corrected chi connectivity index (χ0v) is 14.4. The van der Waals surface area contributed by atoms with E-state index < -0.39 is 5.97 Å². The van der Waals surface area contributed by atoms with Crippen molar-refractivity contribution in [2.75, 3.05) is 18.1 Å². The van der Waals surface area contributed by atoms with Gasteiger partial charge in [-0.05, 0) is 26.8 Å². The number of carbonyl (C=O) groups is 1. The lowest BCUT2D eigenvalue weighted by atomic mass is 10.3. The Hall–Kier alpha value is -2.74. The number of esters is 1. The van der Waals surface area contributed by atoms with E-state index in [1.165, 1.54) is 12.2 Å². The molecule has 0 amide bonds. The van der Waals surface area contributed by atoms with Crippen LogP contribution in [0.4, 0.5) is 11.6 Å². The van der Waals surface area contributed by atoms with Gasteiger partial charge >= 0.3 is 5.97 Å². The number of hydrogen-bond acceptors (Lipinski definition) is 8. The van der Waals surface area contributed by atoms with E-state index in [1.807, 2.05) is 0 Å². The molecule has 0 aliphatic carbocycles. The highest BCUT2D eigenvalue weighted by molar-refractivity contribution is 6.31. The highest BCUT2D eigenvalue weighted by atomic mass is 35.5. The standard InChI is InChI=1S/C10H13N3O2.C5H6ClN3/c1-3-15-9(14)5-4-8-10(11)13-7(2)6-12-8;1-3-2-8-4(6)5(7)9-3/h4-6H,3H2,1-2H3,(H2,11,13);2H,1H3,(H2,7,9)/b5-4+;. The molecule has 2 aromatic rings. The van der Waals surface area contributed by atoms with Gasteiger partial charge in [0.05, 0.1) is 24.2 Å². The Morgan fingerprint density at radius 2 is 1.75 bits per heavy atom. The number of carbonyl (C=O) groups excluding carboxylic acids is 1. The Kier molecular flexibility index (Phi) is 7.57. The number of anilines is 2. The highest BCUT2D eigenvalue weighted by Crippen LogP contribution is 2.10. The summed E-state index contributed by atoms with van der Waals surface area (Å²) >= 11 is 5.48. The van der Waals surface area contributed by atoms with Crippen LogP contribution in [0.3, 0.4) is 0 Å². The molecule has 0 aliphatic heterocycles. The average Bonchev–Trinajstić information content (AvgIpc) is 2.51. The predicted molar refractivity (Wildman–Crippen MR) is 93.0 cm³/mol. The first-order chi connectivity index (χ1) is 11.3. The van der Waals surface area contributed by atoms with Gasteiger partial charge in [0.25, 0.3) is 0 Å². The molecule has 4 N–H and O–H groups in total. The minimum atomic E-state index is -0.417. The quantitative estimate of drug-likeness (QED) is 0.634. The number of ether oxygens (including phenoxy) is 1. The molecule has 8 nitrogen and oxygen atoms in total. The first kappa shape index (κ1) is 19.3. The van der Waals surface area contributed by atoms with Gasteiger partial charge in [0.15, 0.2) is 11.0 Å². The molecule has 0 saturated carbocycles. The van der Waals surface area contributed by atoms with Crippen molar-refractivity contribution in [3.05, 3.63) is 40.7 Å². The Morgan fingerprint density at radius 1 is 1.17 bits per heavy atom. The van der Waals surface area contributed by atoms with Crippen LogP contribution in [0.1, 0.15) is 24.0 Å². The Morgan fingerprint density at radius 3 is 2.25 bits per heavy atom. The summed E-state index contributed by atoms with van der Waals surface area (Å²) in [6.07, 6.45) is 5.92. The summed E-state index contributed by atoms with van der Waals surface area (Å²) < 4.78 is 4.71. The number of aromatic nitrogens is 4. The predicted octanol–water partition coefficient (Wildman–Crippen LogP) is 1.96. The summed E-state index contributed by atoms with van der Waals surface area (Å²) in [7, 11) is 0. The molecule has 9 heteroatoms. The Bertz CT molecular complexity index is 736. The van der Waals surface area contributed by atoms with Gasteiger partial charge in [-0.15, -0.1) is 0 Å².